The van der Waals surface area contributed by atoms with E-state index in [1.54, 1.807) is 31.4 Å². The maximum Gasteiger partial charge on any atom is 0.319 e. The molecule has 0 spiro atoms. The number of hydrogen-bond acceptors (Lipinski definition) is 4. The Kier molecular flexibility index (Phi) is 6.53. The monoisotopic (exact) mass is 345 g/mol. The summed E-state index contributed by atoms with van der Waals surface area (Å²) in [5, 5.41) is 15.1. The van der Waals surface area contributed by atoms with Crippen LogP contribution in [0.3, 0.4) is 0 Å². The number of carbonyl (C=O) groups is 2. The van der Waals surface area contributed by atoms with Crippen LogP contribution in [0.2, 0.25) is 0 Å². The molecular formula is C17H23N5O3. The zero-order chi connectivity index (χ0) is 18.2. The van der Waals surface area contributed by atoms with Gasteiger partial charge in [0.05, 0.1) is 24.5 Å². The second-order valence-corrected chi connectivity index (χ2v) is 5.83. The van der Waals surface area contributed by atoms with Crippen molar-refractivity contribution in [3.63, 3.8) is 0 Å². The molecule has 0 unspecified atom stereocenters. The van der Waals surface area contributed by atoms with Crippen molar-refractivity contribution < 1.29 is 14.3 Å². The molecule has 0 saturated carbocycles. The lowest BCUT2D eigenvalue weighted by Crippen LogP contribution is -2.30. The number of nitrogens with zero attached hydrogens (tertiary/aromatic N) is 1. The number of carbonyl (C=O) groups excluding carboxylic acids is 2. The van der Waals surface area contributed by atoms with Crippen molar-refractivity contribution in [2.45, 2.75) is 33.0 Å². The number of rotatable bonds is 7. The first-order valence-corrected chi connectivity index (χ1v) is 7.96. The number of nitrogens with one attached hydrogen (secondary N) is 4. The summed E-state index contributed by atoms with van der Waals surface area (Å²) in [6, 6.07) is 8.26. The fraction of sp³-hybridized carbons (Fsp3) is 0.353. The predicted octanol–water partition coefficient (Wildman–Crippen LogP) is 2.02. The molecule has 2 aromatic rings. The standard InChI is InChI=1S/C17H23N5O3/c1-11(2)19-16(23)12-5-4-6-13(7-12)20-17(24)18-9-14-8-15(10-25-3)22-21-14/h4-8,11H,9-10H2,1-3H3,(H,19,23)(H,21,22)(H2,18,20,24). The maximum absolute atomic E-state index is 12.0. The van der Waals surface area contributed by atoms with E-state index in [2.05, 4.69) is 26.1 Å². The van der Waals surface area contributed by atoms with Gasteiger partial charge in [0.1, 0.15) is 0 Å². The molecule has 25 heavy (non-hydrogen) atoms. The van der Waals surface area contributed by atoms with Crippen LogP contribution in [0.5, 0.6) is 0 Å². The molecule has 0 aliphatic carbocycles. The molecule has 0 bridgehead atoms. The molecule has 4 N–H and O–H groups in total. The number of benzene rings is 1. The largest absolute Gasteiger partial charge is 0.378 e. The van der Waals surface area contributed by atoms with E-state index in [-0.39, 0.29) is 18.0 Å². The van der Waals surface area contributed by atoms with Crippen molar-refractivity contribution in [1.29, 1.82) is 0 Å². The van der Waals surface area contributed by atoms with Gasteiger partial charge in [-0.05, 0) is 38.1 Å². The molecule has 1 heterocycles. The fourth-order valence-corrected chi connectivity index (χ4v) is 2.16. The van der Waals surface area contributed by atoms with E-state index in [1.807, 2.05) is 19.9 Å². The fourth-order valence-electron chi connectivity index (χ4n) is 2.16. The van der Waals surface area contributed by atoms with Crippen LogP contribution in [0.15, 0.2) is 30.3 Å². The first kappa shape index (κ1) is 18.5. The third kappa shape index (κ3) is 5.92. The molecule has 2 rings (SSSR count). The molecular weight excluding hydrogens is 322 g/mol. The molecule has 0 fully saturated rings. The van der Waals surface area contributed by atoms with Gasteiger partial charge < -0.3 is 20.7 Å². The van der Waals surface area contributed by atoms with Crippen molar-refractivity contribution in [3.05, 3.63) is 47.3 Å². The van der Waals surface area contributed by atoms with Crippen LogP contribution >= 0.6 is 0 Å². The highest BCUT2D eigenvalue weighted by molar-refractivity contribution is 5.97. The van der Waals surface area contributed by atoms with Gasteiger partial charge in [0.2, 0.25) is 0 Å². The number of urea groups is 1. The smallest absolute Gasteiger partial charge is 0.319 e. The summed E-state index contributed by atoms with van der Waals surface area (Å²) < 4.78 is 4.99. The summed E-state index contributed by atoms with van der Waals surface area (Å²) >= 11 is 0. The van der Waals surface area contributed by atoms with E-state index < -0.39 is 0 Å². The summed E-state index contributed by atoms with van der Waals surface area (Å²) in [7, 11) is 1.59. The Labute approximate surface area is 146 Å². The minimum atomic E-state index is -0.371. The van der Waals surface area contributed by atoms with Gasteiger partial charge in [-0.15, -0.1) is 0 Å². The second-order valence-electron chi connectivity index (χ2n) is 5.83. The first-order valence-electron chi connectivity index (χ1n) is 7.96. The Bertz CT molecular complexity index is 727. The number of ether oxygens (including phenoxy) is 1. The molecule has 1 aromatic carbocycles. The minimum absolute atomic E-state index is 0.0461. The van der Waals surface area contributed by atoms with Gasteiger partial charge in [0, 0.05) is 24.4 Å². The van der Waals surface area contributed by atoms with Gasteiger partial charge in [-0.3, -0.25) is 9.89 Å². The van der Waals surface area contributed by atoms with E-state index in [0.29, 0.717) is 24.4 Å². The number of aromatic amines is 1. The predicted molar refractivity (Wildman–Crippen MR) is 94.2 cm³/mol. The third-order valence-corrected chi connectivity index (χ3v) is 3.22. The van der Waals surface area contributed by atoms with Gasteiger partial charge >= 0.3 is 6.03 Å². The average Bonchev–Trinajstić information content (AvgIpc) is 3.00. The van der Waals surface area contributed by atoms with Crippen molar-refractivity contribution in [1.82, 2.24) is 20.8 Å². The topological polar surface area (TPSA) is 108 Å². The van der Waals surface area contributed by atoms with E-state index in [1.165, 1.54) is 0 Å². The van der Waals surface area contributed by atoms with Crippen molar-refractivity contribution >= 4 is 17.6 Å². The molecule has 0 saturated heterocycles. The molecule has 0 aliphatic rings. The number of hydrogen-bond donors (Lipinski definition) is 4. The van der Waals surface area contributed by atoms with E-state index in [4.69, 9.17) is 4.74 Å². The molecule has 3 amide bonds. The third-order valence-electron chi connectivity index (χ3n) is 3.22. The number of anilines is 1. The number of amides is 3. The van der Waals surface area contributed by atoms with Crippen LogP contribution < -0.4 is 16.0 Å². The lowest BCUT2D eigenvalue weighted by molar-refractivity contribution is 0.0943. The highest BCUT2D eigenvalue weighted by atomic mass is 16.5. The van der Waals surface area contributed by atoms with Gasteiger partial charge in [-0.1, -0.05) is 6.07 Å². The van der Waals surface area contributed by atoms with Gasteiger partial charge in [-0.2, -0.15) is 5.10 Å². The van der Waals surface area contributed by atoms with E-state index >= 15 is 0 Å². The highest BCUT2D eigenvalue weighted by Crippen LogP contribution is 2.11. The van der Waals surface area contributed by atoms with E-state index in [9.17, 15) is 9.59 Å². The maximum atomic E-state index is 12.0. The normalized spacial score (nSPS) is 10.6. The Morgan fingerprint density at radius 2 is 2.08 bits per heavy atom. The minimum Gasteiger partial charge on any atom is -0.378 e. The van der Waals surface area contributed by atoms with Crippen LogP contribution in [-0.2, 0) is 17.9 Å². The summed E-state index contributed by atoms with van der Waals surface area (Å²) in [5.41, 5.74) is 2.57. The van der Waals surface area contributed by atoms with Crippen molar-refractivity contribution in [2.24, 2.45) is 0 Å². The highest BCUT2D eigenvalue weighted by Gasteiger charge is 2.09. The lowest BCUT2D eigenvalue weighted by atomic mass is 10.2. The van der Waals surface area contributed by atoms with Crippen molar-refractivity contribution in [2.75, 3.05) is 12.4 Å². The molecule has 0 aliphatic heterocycles. The summed E-state index contributed by atoms with van der Waals surface area (Å²) in [5.74, 6) is -0.179. The Morgan fingerprint density at radius 3 is 2.80 bits per heavy atom. The molecule has 1 aromatic heterocycles. The number of methoxy groups -OCH3 is 1. The molecule has 134 valence electrons. The summed E-state index contributed by atoms with van der Waals surface area (Å²) in [4.78, 5) is 24.0. The second kappa shape index (κ2) is 8.84. The van der Waals surface area contributed by atoms with Crippen LogP contribution in [0, 0.1) is 0 Å². The zero-order valence-electron chi connectivity index (χ0n) is 14.6. The summed E-state index contributed by atoms with van der Waals surface area (Å²) in [6.45, 7) is 4.49. The number of H-pyrrole nitrogens is 1. The molecule has 8 nitrogen and oxygen atoms in total. The molecule has 0 atom stereocenters. The van der Waals surface area contributed by atoms with Gasteiger partial charge in [0.25, 0.3) is 5.91 Å². The quantitative estimate of drug-likeness (QED) is 0.615. The summed E-state index contributed by atoms with van der Waals surface area (Å²) in [6.07, 6.45) is 0. The van der Waals surface area contributed by atoms with Gasteiger partial charge in [-0.25, -0.2) is 4.79 Å². The SMILES string of the molecule is COCc1cc(CNC(=O)Nc2cccc(C(=O)NC(C)C)c2)[nH]n1. The van der Waals surface area contributed by atoms with E-state index in [0.717, 1.165) is 11.4 Å². The molecule has 8 heteroatoms. The zero-order valence-corrected chi connectivity index (χ0v) is 14.6. The van der Waals surface area contributed by atoms with Crippen LogP contribution in [0.4, 0.5) is 10.5 Å². The first-order chi connectivity index (χ1) is 12.0. The van der Waals surface area contributed by atoms with Crippen LogP contribution in [-0.4, -0.2) is 35.3 Å². The average molecular weight is 345 g/mol. The van der Waals surface area contributed by atoms with Gasteiger partial charge in [0.15, 0.2) is 0 Å². The van der Waals surface area contributed by atoms with Crippen LogP contribution in [0.1, 0.15) is 35.6 Å². The Hall–Kier alpha value is -2.87. The van der Waals surface area contributed by atoms with Crippen LogP contribution in [0.25, 0.3) is 0 Å². The Morgan fingerprint density at radius 1 is 1.28 bits per heavy atom. The Balaban J connectivity index is 1.88. The van der Waals surface area contributed by atoms with Crippen molar-refractivity contribution in [3.8, 4) is 0 Å². The number of aromatic nitrogens is 2. The molecule has 0 radical (unpaired) electrons. The lowest BCUT2D eigenvalue weighted by Gasteiger charge is -2.10.